The van der Waals surface area contributed by atoms with E-state index in [0.29, 0.717) is 0 Å². The topological polar surface area (TPSA) is 75.6 Å². The monoisotopic (exact) mass is 228 g/mol. The highest BCUT2D eigenvalue weighted by molar-refractivity contribution is 5.93. The first-order chi connectivity index (χ1) is 9.44. The van der Waals surface area contributed by atoms with Crippen LogP contribution in [-0.4, -0.2) is 23.5 Å². The average Bonchev–Trinajstić information content (AvgIpc) is 2.25. The van der Waals surface area contributed by atoms with Crippen LogP contribution >= 0.6 is 0 Å². The minimum atomic E-state index is -3.10. The van der Waals surface area contributed by atoms with Gasteiger partial charge < -0.3 is 15.2 Å². The normalized spacial score (nSPS) is 15.9. The van der Waals surface area contributed by atoms with Crippen LogP contribution in [0.3, 0.4) is 0 Å². The Morgan fingerprint density at radius 3 is 2.94 bits per heavy atom. The maximum Gasteiger partial charge on any atom is 0.339 e. The van der Waals surface area contributed by atoms with Gasteiger partial charge in [-0.25, -0.2) is 4.79 Å². The lowest BCUT2D eigenvalue weighted by atomic mass is 10.2. The largest absolute Gasteiger partial charge is 0.493 e. The van der Waals surface area contributed by atoms with Crippen molar-refractivity contribution in [3.8, 4) is 5.75 Å². The molecule has 0 bridgehead atoms. The van der Waals surface area contributed by atoms with Crippen LogP contribution in [0.1, 0.15) is 31.0 Å². The molecule has 1 rings (SSSR count). The van der Waals surface area contributed by atoms with Crippen molar-refractivity contribution in [3.63, 3.8) is 0 Å². The molecule has 0 spiro atoms. The molecule has 0 heterocycles. The van der Waals surface area contributed by atoms with Gasteiger partial charge in [0.2, 0.25) is 5.91 Å². The van der Waals surface area contributed by atoms with E-state index in [4.69, 9.17) is 16.7 Å². The second-order valence-corrected chi connectivity index (χ2v) is 2.90. The molecule has 0 radical (unpaired) electrons. The van der Waals surface area contributed by atoms with Gasteiger partial charge in [-0.15, -0.1) is 0 Å². The van der Waals surface area contributed by atoms with Crippen molar-refractivity contribution in [2.75, 3.05) is 11.9 Å². The predicted molar refractivity (Wildman–Crippen MR) is 58.9 cm³/mol. The standard InChI is InChI=1S/C11H13NO4/c1-3-16-10-6-8(12-7(2)13)4-5-9(10)11(14)15/h4-6H,3H2,1-2H3,(H,12,13)(H,14,15)/i1D3,3D2. The molecule has 1 aromatic rings. The molecule has 1 aromatic carbocycles. The number of carboxylic acid groups (broad SMARTS) is 1. The zero-order valence-corrected chi connectivity index (χ0v) is 8.40. The van der Waals surface area contributed by atoms with E-state index in [1.165, 1.54) is 13.0 Å². The molecule has 0 aromatic heterocycles. The maximum atomic E-state index is 11.1. The van der Waals surface area contributed by atoms with Crippen LogP contribution in [0.5, 0.6) is 5.75 Å². The number of carboxylic acids is 1. The van der Waals surface area contributed by atoms with E-state index in [9.17, 15) is 9.59 Å². The quantitative estimate of drug-likeness (QED) is 0.823. The molecule has 0 atom stereocenters. The SMILES string of the molecule is [2H]C([2H])([2H])C([2H])([2H])Oc1cc(NC(C)=O)ccc1C(=O)O. The molecule has 0 aliphatic rings. The summed E-state index contributed by atoms with van der Waals surface area (Å²) in [7, 11) is 0. The third kappa shape index (κ3) is 2.98. The zero-order valence-electron chi connectivity index (χ0n) is 13.4. The molecule has 5 nitrogen and oxygen atoms in total. The van der Waals surface area contributed by atoms with Crippen molar-refractivity contribution < 1.29 is 26.3 Å². The molecule has 0 aliphatic carbocycles. The average molecular weight is 228 g/mol. The van der Waals surface area contributed by atoms with Gasteiger partial charge in [0.05, 0.1) is 9.30 Å². The fraction of sp³-hybridized carbons (Fsp3) is 0.273. The summed E-state index contributed by atoms with van der Waals surface area (Å²) in [6.45, 7) is -4.95. The number of hydrogen-bond acceptors (Lipinski definition) is 3. The minimum Gasteiger partial charge on any atom is -0.493 e. The van der Waals surface area contributed by atoms with Crippen LogP contribution in [-0.2, 0) is 4.79 Å². The lowest BCUT2D eigenvalue weighted by molar-refractivity contribution is -0.114. The molecular weight excluding hydrogens is 210 g/mol. The molecule has 86 valence electrons. The van der Waals surface area contributed by atoms with Gasteiger partial charge in [0.1, 0.15) is 11.3 Å². The van der Waals surface area contributed by atoms with Gasteiger partial charge in [-0.3, -0.25) is 4.79 Å². The van der Waals surface area contributed by atoms with E-state index in [0.717, 1.165) is 12.1 Å². The number of nitrogens with one attached hydrogen (secondary N) is 1. The number of carbonyl (C=O) groups is 2. The smallest absolute Gasteiger partial charge is 0.339 e. The van der Waals surface area contributed by atoms with E-state index in [1.807, 2.05) is 0 Å². The van der Waals surface area contributed by atoms with Gasteiger partial charge in [-0.2, -0.15) is 0 Å². The minimum absolute atomic E-state index is 0.156. The third-order valence-electron chi connectivity index (χ3n) is 1.69. The third-order valence-corrected chi connectivity index (χ3v) is 1.69. The summed E-state index contributed by atoms with van der Waals surface area (Å²) in [6.07, 6.45) is 0. The highest BCUT2D eigenvalue weighted by atomic mass is 16.5. The molecule has 0 aliphatic heterocycles. The van der Waals surface area contributed by atoms with E-state index < -0.39 is 36.6 Å². The molecule has 0 fully saturated rings. The highest BCUT2D eigenvalue weighted by Gasteiger charge is 2.11. The first-order valence-corrected chi connectivity index (χ1v) is 4.28. The predicted octanol–water partition coefficient (Wildman–Crippen LogP) is 1.74. The Hall–Kier alpha value is -2.04. The number of rotatable bonds is 4. The molecule has 0 saturated carbocycles. The van der Waals surface area contributed by atoms with Gasteiger partial charge in [0.15, 0.2) is 0 Å². The van der Waals surface area contributed by atoms with Gasteiger partial charge in [0.25, 0.3) is 0 Å². The molecule has 0 unspecified atom stereocenters. The Morgan fingerprint density at radius 2 is 2.38 bits per heavy atom. The molecular formula is C11H13NO4. The van der Waals surface area contributed by atoms with Crippen LogP contribution in [0.2, 0.25) is 0 Å². The highest BCUT2D eigenvalue weighted by Crippen LogP contribution is 2.23. The van der Waals surface area contributed by atoms with Crippen molar-refractivity contribution in [1.82, 2.24) is 0 Å². The number of hydrogen-bond donors (Lipinski definition) is 2. The Balaban J connectivity index is 3.24. The summed E-state index contributed by atoms with van der Waals surface area (Å²) in [5, 5.41) is 11.4. The van der Waals surface area contributed by atoms with E-state index in [1.54, 1.807) is 0 Å². The first-order valence-electron chi connectivity index (χ1n) is 6.78. The lowest BCUT2D eigenvalue weighted by Crippen LogP contribution is -2.08. The first kappa shape index (κ1) is 6.52. The van der Waals surface area contributed by atoms with E-state index in [2.05, 4.69) is 5.32 Å². The van der Waals surface area contributed by atoms with Crippen LogP contribution in [0, 0.1) is 0 Å². The fourth-order valence-electron chi connectivity index (χ4n) is 1.12. The van der Waals surface area contributed by atoms with Crippen LogP contribution in [0.25, 0.3) is 0 Å². The Bertz CT molecular complexity index is 570. The number of amides is 1. The van der Waals surface area contributed by atoms with Crippen molar-refractivity contribution in [1.29, 1.82) is 0 Å². The Kier molecular flexibility index (Phi) is 2.10. The van der Waals surface area contributed by atoms with Crippen LogP contribution in [0.4, 0.5) is 5.69 Å². The van der Waals surface area contributed by atoms with Gasteiger partial charge >= 0.3 is 5.97 Å². The van der Waals surface area contributed by atoms with Crippen molar-refractivity contribution in [2.45, 2.75) is 13.8 Å². The molecule has 2 N–H and O–H groups in total. The van der Waals surface area contributed by atoms with E-state index in [-0.39, 0.29) is 5.69 Å². The van der Waals surface area contributed by atoms with Crippen LogP contribution in [0.15, 0.2) is 18.2 Å². The summed E-state index contributed by atoms with van der Waals surface area (Å²) in [4.78, 5) is 22.0. The lowest BCUT2D eigenvalue weighted by Gasteiger charge is -2.09. The number of aromatic carboxylic acids is 1. The molecule has 1 amide bonds. The molecule has 5 heteroatoms. The second kappa shape index (κ2) is 5.16. The van der Waals surface area contributed by atoms with Gasteiger partial charge in [-0.05, 0) is 19.0 Å². The summed E-state index contributed by atoms with van der Waals surface area (Å²) < 4.78 is 40.6. The Morgan fingerprint density at radius 1 is 1.62 bits per heavy atom. The van der Waals surface area contributed by atoms with Crippen molar-refractivity contribution in [3.05, 3.63) is 23.8 Å². The summed E-state index contributed by atoms with van der Waals surface area (Å²) in [6, 6.07) is 3.41. The zero-order chi connectivity index (χ0) is 16.4. The fourth-order valence-corrected chi connectivity index (χ4v) is 1.12. The molecule has 0 saturated heterocycles. The second-order valence-electron chi connectivity index (χ2n) is 2.90. The Labute approximate surface area is 100 Å². The van der Waals surface area contributed by atoms with Gasteiger partial charge in [-0.1, -0.05) is 0 Å². The maximum absolute atomic E-state index is 11.1. The summed E-state index contributed by atoms with van der Waals surface area (Å²) >= 11 is 0. The van der Waals surface area contributed by atoms with E-state index >= 15 is 0 Å². The number of benzene rings is 1. The summed E-state index contributed by atoms with van der Waals surface area (Å²) in [5.74, 6) is -2.33. The number of ether oxygens (including phenoxy) is 1. The summed E-state index contributed by atoms with van der Waals surface area (Å²) in [5.41, 5.74) is -0.263. The van der Waals surface area contributed by atoms with Crippen molar-refractivity contribution in [2.24, 2.45) is 0 Å². The van der Waals surface area contributed by atoms with Crippen molar-refractivity contribution >= 4 is 17.6 Å². The van der Waals surface area contributed by atoms with Gasteiger partial charge in [0, 0.05) is 22.8 Å². The molecule has 16 heavy (non-hydrogen) atoms. The number of anilines is 1. The number of carbonyl (C=O) groups excluding carboxylic acids is 1. The van der Waals surface area contributed by atoms with Crippen LogP contribution < -0.4 is 10.1 Å².